The Kier molecular flexibility index (Phi) is 5.01. The number of hydrogen-bond acceptors (Lipinski definition) is 4. The van der Waals surface area contributed by atoms with E-state index in [1.807, 2.05) is 24.3 Å². The van der Waals surface area contributed by atoms with Crippen molar-refractivity contribution in [3.63, 3.8) is 0 Å². The molecule has 0 saturated carbocycles. The Morgan fingerprint density at radius 2 is 1.79 bits per heavy atom. The minimum absolute atomic E-state index is 0.0479. The van der Waals surface area contributed by atoms with Gasteiger partial charge in [0.25, 0.3) is 5.91 Å². The normalized spacial score (nSPS) is 16.9. The predicted molar refractivity (Wildman–Crippen MR) is 90.3 cm³/mol. The number of hydrogen-bond donors (Lipinski definition) is 1. The van der Waals surface area contributed by atoms with Crippen molar-refractivity contribution < 1.29 is 19.4 Å². The average molecular weight is 327 g/mol. The summed E-state index contributed by atoms with van der Waals surface area (Å²) in [6, 6.07) is 14.8. The molecule has 1 fully saturated rings. The number of carbonyl (C=O) groups is 1. The van der Waals surface area contributed by atoms with Crippen molar-refractivity contribution in [1.29, 1.82) is 0 Å². The Bertz CT molecular complexity index is 682. The highest BCUT2D eigenvalue weighted by Gasteiger charge is 2.25. The monoisotopic (exact) mass is 327 g/mol. The van der Waals surface area contributed by atoms with E-state index in [0.29, 0.717) is 37.4 Å². The summed E-state index contributed by atoms with van der Waals surface area (Å²) in [4.78, 5) is 14.0. The predicted octanol–water partition coefficient (Wildman–Crippen LogP) is 2.48. The van der Waals surface area contributed by atoms with E-state index in [4.69, 9.17) is 9.47 Å². The van der Waals surface area contributed by atoms with Crippen molar-refractivity contribution in [3.05, 3.63) is 59.7 Å². The first-order valence-corrected chi connectivity index (χ1v) is 7.99. The lowest BCUT2D eigenvalue weighted by Gasteiger charge is -2.15. The van der Waals surface area contributed by atoms with Gasteiger partial charge in [-0.3, -0.25) is 4.79 Å². The van der Waals surface area contributed by atoms with Gasteiger partial charge in [0.05, 0.1) is 13.2 Å². The van der Waals surface area contributed by atoms with E-state index >= 15 is 0 Å². The maximum Gasteiger partial charge on any atom is 0.253 e. The number of aliphatic hydroxyl groups is 1. The second-order valence-electron chi connectivity index (χ2n) is 5.85. The maximum absolute atomic E-state index is 12.3. The second-order valence-corrected chi connectivity index (χ2v) is 5.85. The molecular weight excluding hydrogens is 306 g/mol. The first-order chi connectivity index (χ1) is 11.7. The molecule has 2 aromatic carbocycles. The summed E-state index contributed by atoms with van der Waals surface area (Å²) in [6.07, 6.45) is 0.246. The Balaban J connectivity index is 1.56. The van der Waals surface area contributed by atoms with Crippen LogP contribution in [0.5, 0.6) is 11.5 Å². The van der Waals surface area contributed by atoms with E-state index in [2.05, 4.69) is 0 Å². The summed E-state index contributed by atoms with van der Waals surface area (Å²) >= 11 is 0. The molecule has 126 valence electrons. The van der Waals surface area contributed by atoms with Gasteiger partial charge >= 0.3 is 0 Å². The zero-order valence-corrected chi connectivity index (χ0v) is 13.6. The van der Waals surface area contributed by atoms with Crippen LogP contribution in [0.25, 0.3) is 0 Å². The van der Waals surface area contributed by atoms with Crippen LogP contribution in [0, 0.1) is 0 Å². The van der Waals surface area contributed by atoms with Gasteiger partial charge < -0.3 is 19.5 Å². The zero-order chi connectivity index (χ0) is 16.9. The fraction of sp³-hybridized carbons (Fsp3) is 0.316. The number of amides is 1. The fourth-order valence-corrected chi connectivity index (χ4v) is 2.69. The van der Waals surface area contributed by atoms with E-state index in [9.17, 15) is 9.90 Å². The molecule has 1 saturated heterocycles. The van der Waals surface area contributed by atoms with Crippen molar-refractivity contribution in [1.82, 2.24) is 4.90 Å². The number of benzene rings is 2. The molecule has 1 heterocycles. The lowest BCUT2D eigenvalue weighted by atomic mass is 10.2. The number of likely N-dealkylation sites (tertiary alicyclic amines) is 1. The van der Waals surface area contributed by atoms with Gasteiger partial charge in [0.1, 0.15) is 18.1 Å². The number of nitrogens with zero attached hydrogens (tertiary/aromatic N) is 1. The Labute approximate surface area is 141 Å². The Morgan fingerprint density at radius 3 is 2.38 bits per heavy atom. The Hall–Kier alpha value is -2.53. The third-order valence-electron chi connectivity index (χ3n) is 4.12. The summed E-state index contributed by atoms with van der Waals surface area (Å²) in [5.74, 6) is 1.48. The van der Waals surface area contributed by atoms with Crippen LogP contribution in [-0.2, 0) is 6.61 Å². The molecule has 1 amide bonds. The molecule has 5 nitrogen and oxygen atoms in total. The number of aliphatic hydroxyl groups excluding tert-OH is 1. The number of β-amino-alcohol motifs (C(OH)–C–C–N with tert-alkyl or cyclic N) is 1. The van der Waals surface area contributed by atoms with Gasteiger partial charge in [0.15, 0.2) is 0 Å². The molecule has 0 spiro atoms. The summed E-state index contributed by atoms with van der Waals surface area (Å²) in [6.45, 7) is 1.47. The molecule has 1 aliphatic rings. The first-order valence-electron chi connectivity index (χ1n) is 7.99. The summed E-state index contributed by atoms with van der Waals surface area (Å²) in [7, 11) is 1.64. The molecule has 24 heavy (non-hydrogen) atoms. The molecule has 0 radical (unpaired) electrons. The number of ether oxygens (including phenoxy) is 2. The van der Waals surface area contributed by atoms with Gasteiger partial charge in [-0.25, -0.2) is 0 Å². The third-order valence-corrected chi connectivity index (χ3v) is 4.12. The van der Waals surface area contributed by atoms with Crippen molar-refractivity contribution in [2.45, 2.75) is 19.1 Å². The summed E-state index contributed by atoms with van der Waals surface area (Å²) < 4.78 is 10.9. The van der Waals surface area contributed by atoms with Crippen LogP contribution in [0.3, 0.4) is 0 Å². The van der Waals surface area contributed by atoms with Crippen molar-refractivity contribution in [3.8, 4) is 11.5 Å². The highest BCUT2D eigenvalue weighted by molar-refractivity contribution is 5.94. The third kappa shape index (κ3) is 3.86. The zero-order valence-electron chi connectivity index (χ0n) is 13.6. The SMILES string of the molecule is COc1ccc(COc2ccc(C(=O)N3CC[C@H](O)C3)cc2)cc1. The van der Waals surface area contributed by atoms with E-state index in [1.54, 1.807) is 36.3 Å². The quantitative estimate of drug-likeness (QED) is 0.916. The summed E-state index contributed by atoms with van der Waals surface area (Å²) in [5.41, 5.74) is 1.66. The van der Waals surface area contributed by atoms with E-state index in [0.717, 1.165) is 11.3 Å². The molecule has 0 aromatic heterocycles. The van der Waals surface area contributed by atoms with Gasteiger partial charge in [-0.1, -0.05) is 12.1 Å². The molecule has 5 heteroatoms. The van der Waals surface area contributed by atoms with Crippen LogP contribution in [0.15, 0.2) is 48.5 Å². The molecular formula is C19H21NO4. The van der Waals surface area contributed by atoms with Crippen molar-refractivity contribution in [2.24, 2.45) is 0 Å². The fourth-order valence-electron chi connectivity index (χ4n) is 2.69. The molecule has 2 aromatic rings. The number of carbonyl (C=O) groups excluding carboxylic acids is 1. The lowest BCUT2D eigenvalue weighted by molar-refractivity contribution is 0.0765. The number of rotatable bonds is 5. The minimum atomic E-state index is -0.402. The van der Waals surface area contributed by atoms with Gasteiger partial charge in [0.2, 0.25) is 0 Å². The average Bonchev–Trinajstić information content (AvgIpc) is 3.06. The van der Waals surface area contributed by atoms with Gasteiger partial charge in [-0.15, -0.1) is 0 Å². The van der Waals surface area contributed by atoms with Crippen LogP contribution >= 0.6 is 0 Å². The molecule has 1 aliphatic heterocycles. The van der Waals surface area contributed by atoms with Crippen molar-refractivity contribution in [2.75, 3.05) is 20.2 Å². The van der Waals surface area contributed by atoms with Crippen LogP contribution in [-0.4, -0.2) is 42.2 Å². The van der Waals surface area contributed by atoms with Crippen LogP contribution < -0.4 is 9.47 Å². The lowest BCUT2D eigenvalue weighted by Crippen LogP contribution is -2.29. The second kappa shape index (κ2) is 7.36. The van der Waals surface area contributed by atoms with Crippen LogP contribution in [0.1, 0.15) is 22.3 Å². The van der Waals surface area contributed by atoms with Gasteiger partial charge in [-0.2, -0.15) is 0 Å². The topological polar surface area (TPSA) is 59.0 Å². The smallest absolute Gasteiger partial charge is 0.253 e. The van der Waals surface area contributed by atoms with E-state index in [1.165, 1.54) is 0 Å². The van der Waals surface area contributed by atoms with Gasteiger partial charge in [0, 0.05) is 18.7 Å². The largest absolute Gasteiger partial charge is 0.497 e. The van der Waals surface area contributed by atoms with Crippen LogP contribution in [0.4, 0.5) is 0 Å². The minimum Gasteiger partial charge on any atom is -0.497 e. The molecule has 0 unspecified atom stereocenters. The molecule has 1 N–H and O–H groups in total. The van der Waals surface area contributed by atoms with Crippen molar-refractivity contribution >= 4 is 5.91 Å². The Morgan fingerprint density at radius 1 is 1.12 bits per heavy atom. The van der Waals surface area contributed by atoms with Crippen LogP contribution in [0.2, 0.25) is 0 Å². The number of methoxy groups -OCH3 is 1. The molecule has 0 aliphatic carbocycles. The highest BCUT2D eigenvalue weighted by Crippen LogP contribution is 2.18. The van der Waals surface area contributed by atoms with Gasteiger partial charge in [-0.05, 0) is 48.4 Å². The molecule has 1 atom stereocenters. The molecule has 0 bridgehead atoms. The first kappa shape index (κ1) is 16.3. The standard InChI is InChI=1S/C19H21NO4/c1-23-17-6-2-14(3-7-17)13-24-18-8-4-15(5-9-18)19(22)20-11-10-16(21)12-20/h2-9,16,21H,10-13H2,1H3/t16-/m0/s1. The van der Waals surface area contributed by atoms with E-state index in [-0.39, 0.29) is 5.91 Å². The van der Waals surface area contributed by atoms with E-state index < -0.39 is 6.10 Å². The summed E-state index contributed by atoms with van der Waals surface area (Å²) in [5, 5.41) is 9.53. The maximum atomic E-state index is 12.3. The molecule has 3 rings (SSSR count). The highest BCUT2D eigenvalue weighted by atomic mass is 16.5.